The zero-order valence-electron chi connectivity index (χ0n) is 17.0. The van der Waals surface area contributed by atoms with Gasteiger partial charge < -0.3 is 20.0 Å². The summed E-state index contributed by atoms with van der Waals surface area (Å²) in [5, 5.41) is 19.5. The zero-order valence-corrected chi connectivity index (χ0v) is 18.5. The van der Waals surface area contributed by atoms with Crippen LogP contribution in [0.2, 0.25) is 10.0 Å². The van der Waals surface area contributed by atoms with Crippen molar-refractivity contribution in [3.05, 3.63) is 63.6 Å². The van der Waals surface area contributed by atoms with Crippen LogP contribution in [0, 0.1) is 0 Å². The number of nitrogens with zero attached hydrogens (tertiary/aromatic N) is 3. The van der Waals surface area contributed by atoms with Gasteiger partial charge in [-0.2, -0.15) is 0 Å². The molecule has 1 aliphatic rings. The van der Waals surface area contributed by atoms with E-state index in [4.69, 9.17) is 28.3 Å². The van der Waals surface area contributed by atoms with E-state index in [9.17, 15) is 9.90 Å². The van der Waals surface area contributed by atoms with E-state index in [-0.39, 0.29) is 12.5 Å². The van der Waals surface area contributed by atoms with E-state index in [1.807, 2.05) is 30.3 Å². The summed E-state index contributed by atoms with van der Waals surface area (Å²) in [6.45, 7) is 4.04. The first-order valence-electron chi connectivity index (χ1n) is 9.93. The summed E-state index contributed by atoms with van der Waals surface area (Å²) in [5.74, 6) is -0.0598. The third-order valence-electron chi connectivity index (χ3n) is 5.28. The van der Waals surface area contributed by atoms with E-state index in [2.05, 4.69) is 9.80 Å². The summed E-state index contributed by atoms with van der Waals surface area (Å²) in [4.78, 5) is 18.8. The molecule has 8 heteroatoms. The molecule has 30 heavy (non-hydrogen) atoms. The molecule has 0 bridgehead atoms. The minimum Gasteiger partial charge on any atom is -0.394 e. The second-order valence-electron chi connectivity index (χ2n) is 7.58. The number of hydrogen-bond donors (Lipinski definition) is 2. The van der Waals surface area contributed by atoms with Crippen molar-refractivity contribution in [2.45, 2.75) is 12.6 Å². The highest BCUT2D eigenvalue weighted by Gasteiger charge is 2.20. The van der Waals surface area contributed by atoms with Crippen LogP contribution in [0.4, 0.5) is 5.69 Å². The number of aliphatic hydroxyl groups is 2. The van der Waals surface area contributed by atoms with E-state index < -0.39 is 6.10 Å². The third kappa shape index (κ3) is 5.86. The van der Waals surface area contributed by atoms with Crippen molar-refractivity contribution in [3.63, 3.8) is 0 Å². The standard InChI is InChI=1S/C22H27Cl2N3O3/c1-25(13-16-2-7-20(23)21(24)12-16)22(30)17-3-5-18(6-4-17)27-10-8-26(9-11-27)14-19(29)15-28/h2-7,12,19,28-29H,8-11,13-15H2,1H3/t19-/m0/s1. The molecule has 0 saturated carbocycles. The summed E-state index contributed by atoms with van der Waals surface area (Å²) in [6, 6.07) is 13.0. The van der Waals surface area contributed by atoms with E-state index in [1.54, 1.807) is 24.1 Å². The molecule has 6 nitrogen and oxygen atoms in total. The van der Waals surface area contributed by atoms with Crippen molar-refractivity contribution < 1.29 is 15.0 Å². The third-order valence-corrected chi connectivity index (χ3v) is 6.02. The van der Waals surface area contributed by atoms with Gasteiger partial charge >= 0.3 is 0 Å². The number of halogens is 2. The second kappa shape index (κ2) is 10.5. The number of carbonyl (C=O) groups excluding carboxylic acids is 1. The second-order valence-corrected chi connectivity index (χ2v) is 8.40. The average molecular weight is 452 g/mol. The maximum atomic E-state index is 12.8. The Morgan fingerprint density at radius 3 is 2.33 bits per heavy atom. The Balaban J connectivity index is 1.56. The minimum absolute atomic E-state index is 0.0598. The molecular weight excluding hydrogens is 425 g/mol. The molecule has 2 N–H and O–H groups in total. The van der Waals surface area contributed by atoms with Crippen LogP contribution in [0.15, 0.2) is 42.5 Å². The molecule has 1 fully saturated rings. The van der Waals surface area contributed by atoms with Gasteiger partial charge in [0.15, 0.2) is 0 Å². The Labute approximate surface area is 187 Å². The highest BCUT2D eigenvalue weighted by atomic mass is 35.5. The normalized spacial score (nSPS) is 15.8. The van der Waals surface area contributed by atoms with Gasteiger partial charge in [0.2, 0.25) is 0 Å². The van der Waals surface area contributed by atoms with Crippen LogP contribution in [-0.2, 0) is 6.54 Å². The Kier molecular flexibility index (Phi) is 7.97. The lowest BCUT2D eigenvalue weighted by Crippen LogP contribution is -2.49. The number of aliphatic hydroxyl groups excluding tert-OH is 2. The maximum Gasteiger partial charge on any atom is 0.253 e. The van der Waals surface area contributed by atoms with Gasteiger partial charge in [-0.25, -0.2) is 0 Å². The SMILES string of the molecule is CN(Cc1ccc(Cl)c(Cl)c1)C(=O)c1ccc(N2CCN(C[C@H](O)CO)CC2)cc1. The van der Waals surface area contributed by atoms with E-state index in [0.717, 1.165) is 37.4 Å². The highest BCUT2D eigenvalue weighted by molar-refractivity contribution is 6.42. The molecule has 0 aliphatic carbocycles. The molecule has 162 valence electrons. The van der Waals surface area contributed by atoms with Gasteiger partial charge in [0.1, 0.15) is 0 Å². The maximum absolute atomic E-state index is 12.8. The number of β-amino-alcohol motifs (C(OH)–C–C–N with tert-alkyl or cyclic N) is 1. The molecule has 2 aromatic carbocycles. The van der Waals surface area contributed by atoms with E-state index in [0.29, 0.717) is 28.7 Å². The van der Waals surface area contributed by atoms with E-state index >= 15 is 0 Å². The number of rotatable bonds is 7. The van der Waals surface area contributed by atoms with Crippen LogP contribution >= 0.6 is 23.2 Å². The summed E-state index contributed by atoms with van der Waals surface area (Å²) >= 11 is 12.0. The predicted octanol–water partition coefficient (Wildman–Crippen LogP) is 2.74. The molecular formula is C22H27Cl2N3O3. The minimum atomic E-state index is -0.692. The van der Waals surface area contributed by atoms with Gasteiger partial charge in [-0.3, -0.25) is 9.69 Å². The molecule has 1 atom stereocenters. The molecule has 0 unspecified atom stereocenters. The molecule has 2 aromatic rings. The van der Waals surface area contributed by atoms with Gasteiger partial charge in [-0.15, -0.1) is 0 Å². The topological polar surface area (TPSA) is 67.3 Å². The fourth-order valence-corrected chi connectivity index (χ4v) is 3.88. The highest BCUT2D eigenvalue weighted by Crippen LogP contribution is 2.24. The van der Waals surface area contributed by atoms with Crippen molar-refractivity contribution in [3.8, 4) is 0 Å². The Hall–Kier alpha value is -1.83. The number of carbonyl (C=O) groups is 1. The number of benzene rings is 2. The van der Waals surface area contributed by atoms with Gasteiger partial charge in [-0.05, 0) is 42.0 Å². The molecule has 1 aliphatic heterocycles. The lowest BCUT2D eigenvalue weighted by Gasteiger charge is -2.36. The molecule has 0 spiro atoms. The Morgan fingerprint density at radius 1 is 1.07 bits per heavy atom. The fraction of sp³-hybridized carbons (Fsp3) is 0.409. The van der Waals surface area contributed by atoms with Crippen molar-refractivity contribution in [1.82, 2.24) is 9.80 Å². The Bertz CT molecular complexity index is 855. The number of piperazine rings is 1. The lowest BCUT2D eigenvalue weighted by atomic mass is 10.1. The number of hydrogen-bond acceptors (Lipinski definition) is 5. The first kappa shape index (κ1) is 22.8. The summed E-state index contributed by atoms with van der Waals surface area (Å²) in [7, 11) is 1.76. The zero-order chi connectivity index (χ0) is 21.7. The van der Waals surface area contributed by atoms with Crippen molar-refractivity contribution in [2.75, 3.05) is 51.3 Å². The number of anilines is 1. The summed E-state index contributed by atoms with van der Waals surface area (Å²) in [5.41, 5.74) is 2.62. The largest absolute Gasteiger partial charge is 0.394 e. The average Bonchev–Trinajstić information content (AvgIpc) is 2.76. The molecule has 0 radical (unpaired) electrons. The van der Waals surface area contributed by atoms with Gasteiger partial charge in [0, 0.05) is 57.6 Å². The van der Waals surface area contributed by atoms with E-state index in [1.165, 1.54) is 0 Å². The van der Waals surface area contributed by atoms with Gasteiger partial charge in [-0.1, -0.05) is 29.3 Å². The quantitative estimate of drug-likeness (QED) is 0.677. The molecule has 1 heterocycles. The van der Waals surface area contributed by atoms with Gasteiger partial charge in [0.25, 0.3) is 5.91 Å². The lowest BCUT2D eigenvalue weighted by molar-refractivity contribution is 0.0575. The van der Waals surface area contributed by atoms with Crippen molar-refractivity contribution >= 4 is 34.8 Å². The van der Waals surface area contributed by atoms with Crippen LogP contribution < -0.4 is 4.90 Å². The summed E-state index contributed by atoms with van der Waals surface area (Å²) in [6.07, 6.45) is -0.692. The van der Waals surface area contributed by atoms with Crippen LogP contribution in [0.25, 0.3) is 0 Å². The smallest absolute Gasteiger partial charge is 0.253 e. The number of amides is 1. The van der Waals surface area contributed by atoms with Gasteiger partial charge in [0.05, 0.1) is 22.8 Å². The van der Waals surface area contributed by atoms with Crippen molar-refractivity contribution in [2.24, 2.45) is 0 Å². The fourth-order valence-electron chi connectivity index (χ4n) is 3.56. The first-order valence-corrected chi connectivity index (χ1v) is 10.7. The van der Waals surface area contributed by atoms with Crippen LogP contribution in [0.5, 0.6) is 0 Å². The Morgan fingerprint density at radius 2 is 1.73 bits per heavy atom. The summed E-state index contributed by atoms with van der Waals surface area (Å²) < 4.78 is 0. The monoisotopic (exact) mass is 451 g/mol. The van der Waals surface area contributed by atoms with Crippen LogP contribution in [0.1, 0.15) is 15.9 Å². The van der Waals surface area contributed by atoms with Crippen LogP contribution in [-0.4, -0.2) is 78.4 Å². The van der Waals surface area contributed by atoms with Crippen LogP contribution in [0.3, 0.4) is 0 Å². The predicted molar refractivity (Wildman–Crippen MR) is 120 cm³/mol. The molecule has 0 aromatic heterocycles. The molecule has 1 saturated heterocycles. The molecule has 3 rings (SSSR count). The molecule has 1 amide bonds. The first-order chi connectivity index (χ1) is 14.4. The van der Waals surface area contributed by atoms with Crippen molar-refractivity contribution in [1.29, 1.82) is 0 Å².